The summed E-state index contributed by atoms with van der Waals surface area (Å²) in [5, 5.41) is 69.1. The van der Waals surface area contributed by atoms with Crippen LogP contribution in [-0.4, -0.2) is 84.8 Å². The SMILES string of the molecule is CC(O)CC(O)CC(O)CC(O)CC(O)CC(O)CC(O)CC=CC=CC=CC=CC=CC=O. The maximum atomic E-state index is 10.1. The average molecular weight is 483 g/mol. The molecule has 7 N–H and O–H groups in total. The van der Waals surface area contributed by atoms with Crippen molar-refractivity contribution in [2.75, 3.05) is 0 Å². The standard InChI is InChI=1S/C26H42O8/c1-20(28)14-22(30)16-24(32)18-26(34)19-25(33)17-23(31)15-21(29)12-10-8-6-4-2-3-5-7-9-11-13-27/h2-11,13,20-26,28-34H,12,14-19H2,1H3. The van der Waals surface area contributed by atoms with Gasteiger partial charge in [0, 0.05) is 0 Å². The average Bonchev–Trinajstić information content (AvgIpc) is 2.70. The fraction of sp³-hybridized carbons (Fsp3) is 0.577. The fourth-order valence-corrected chi connectivity index (χ4v) is 3.35. The molecule has 0 aliphatic carbocycles. The third-order valence-corrected chi connectivity index (χ3v) is 4.85. The first-order valence-corrected chi connectivity index (χ1v) is 11.7. The van der Waals surface area contributed by atoms with Gasteiger partial charge in [0.15, 0.2) is 0 Å². The van der Waals surface area contributed by atoms with E-state index in [0.29, 0.717) is 12.7 Å². The lowest BCUT2D eigenvalue weighted by Crippen LogP contribution is -2.29. The van der Waals surface area contributed by atoms with Crippen molar-refractivity contribution in [2.45, 2.75) is 94.6 Å². The number of aldehydes is 1. The molecule has 0 rings (SSSR count). The summed E-state index contributed by atoms with van der Waals surface area (Å²) in [5.74, 6) is 0. The minimum absolute atomic E-state index is 0.0150. The Kier molecular flexibility index (Phi) is 19.3. The van der Waals surface area contributed by atoms with Gasteiger partial charge in [-0.15, -0.1) is 0 Å². The number of hydrogen-bond acceptors (Lipinski definition) is 8. The van der Waals surface area contributed by atoms with E-state index in [4.69, 9.17) is 0 Å². The van der Waals surface area contributed by atoms with Gasteiger partial charge < -0.3 is 35.7 Å². The Morgan fingerprint density at radius 3 is 1.18 bits per heavy atom. The lowest BCUT2D eigenvalue weighted by Gasteiger charge is -2.22. The van der Waals surface area contributed by atoms with E-state index >= 15 is 0 Å². The number of aliphatic hydroxyl groups excluding tert-OH is 7. The quantitative estimate of drug-likeness (QED) is 0.0823. The van der Waals surface area contributed by atoms with Gasteiger partial charge >= 0.3 is 0 Å². The van der Waals surface area contributed by atoms with Crippen molar-refractivity contribution in [3.05, 3.63) is 60.8 Å². The van der Waals surface area contributed by atoms with Gasteiger partial charge in [0.1, 0.15) is 6.29 Å². The zero-order chi connectivity index (χ0) is 25.8. The molecule has 8 heteroatoms. The highest BCUT2D eigenvalue weighted by Crippen LogP contribution is 2.16. The van der Waals surface area contributed by atoms with Crippen molar-refractivity contribution in [1.82, 2.24) is 0 Å². The van der Waals surface area contributed by atoms with Crippen LogP contribution < -0.4 is 0 Å². The van der Waals surface area contributed by atoms with Crippen LogP contribution in [0.15, 0.2) is 60.8 Å². The van der Waals surface area contributed by atoms with Crippen LogP contribution in [0.4, 0.5) is 0 Å². The zero-order valence-electron chi connectivity index (χ0n) is 19.9. The van der Waals surface area contributed by atoms with Crippen molar-refractivity contribution < 1.29 is 40.5 Å². The summed E-state index contributed by atoms with van der Waals surface area (Å²) in [4.78, 5) is 10.1. The number of aliphatic hydroxyl groups is 7. The molecule has 0 aromatic heterocycles. The predicted octanol–water partition coefficient (Wildman–Crippen LogP) is 1.24. The molecule has 0 saturated carbocycles. The van der Waals surface area contributed by atoms with E-state index < -0.39 is 42.7 Å². The number of carbonyl (C=O) groups is 1. The zero-order valence-corrected chi connectivity index (χ0v) is 19.9. The lowest BCUT2D eigenvalue weighted by molar-refractivity contribution is -0.104. The summed E-state index contributed by atoms with van der Waals surface area (Å²) in [5.41, 5.74) is 0. The van der Waals surface area contributed by atoms with Gasteiger partial charge in [-0.3, -0.25) is 4.79 Å². The Morgan fingerprint density at radius 2 is 0.794 bits per heavy atom. The Balaban J connectivity index is 4.13. The van der Waals surface area contributed by atoms with Crippen LogP contribution in [0.2, 0.25) is 0 Å². The van der Waals surface area contributed by atoms with Gasteiger partial charge in [-0.2, -0.15) is 0 Å². The van der Waals surface area contributed by atoms with Crippen LogP contribution in [-0.2, 0) is 4.79 Å². The van der Waals surface area contributed by atoms with Crippen molar-refractivity contribution in [2.24, 2.45) is 0 Å². The van der Waals surface area contributed by atoms with Gasteiger partial charge in [-0.1, -0.05) is 54.7 Å². The molecule has 0 aromatic rings. The summed E-state index contributed by atoms with van der Waals surface area (Å²) in [7, 11) is 0. The second-order valence-electron chi connectivity index (χ2n) is 8.53. The third kappa shape index (κ3) is 20.7. The smallest absolute Gasteiger partial charge is 0.142 e. The minimum Gasteiger partial charge on any atom is -0.393 e. The normalized spacial score (nSPS) is 19.3. The number of hydrogen-bond donors (Lipinski definition) is 7. The molecule has 0 saturated heterocycles. The Bertz CT molecular complexity index is 653. The summed E-state index contributed by atoms with van der Waals surface area (Å²) in [6.45, 7) is 1.54. The van der Waals surface area contributed by atoms with Crippen LogP contribution in [0.3, 0.4) is 0 Å². The highest BCUT2D eigenvalue weighted by atomic mass is 16.3. The summed E-state index contributed by atoms with van der Waals surface area (Å²) >= 11 is 0. The van der Waals surface area contributed by atoms with Crippen molar-refractivity contribution >= 4 is 6.29 Å². The van der Waals surface area contributed by atoms with Crippen LogP contribution in [0.25, 0.3) is 0 Å². The van der Waals surface area contributed by atoms with Gasteiger partial charge in [0.2, 0.25) is 0 Å². The number of carbonyl (C=O) groups excluding carboxylic acids is 1. The minimum atomic E-state index is -1.01. The molecule has 0 spiro atoms. The summed E-state index contributed by atoms with van der Waals surface area (Å²) < 4.78 is 0. The lowest BCUT2D eigenvalue weighted by atomic mass is 9.96. The predicted molar refractivity (Wildman–Crippen MR) is 132 cm³/mol. The molecule has 0 aliphatic heterocycles. The molecule has 0 bridgehead atoms. The van der Waals surface area contributed by atoms with Gasteiger partial charge in [0.25, 0.3) is 0 Å². The molecule has 0 heterocycles. The van der Waals surface area contributed by atoms with Gasteiger partial charge in [-0.05, 0) is 57.9 Å². The molecule has 8 nitrogen and oxygen atoms in total. The van der Waals surface area contributed by atoms with E-state index in [1.165, 1.54) is 13.0 Å². The Labute approximate surface area is 202 Å². The van der Waals surface area contributed by atoms with E-state index in [0.717, 1.165) is 0 Å². The van der Waals surface area contributed by atoms with Crippen LogP contribution in [0, 0.1) is 0 Å². The second kappa shape index (κ2) is 20.5. The molecule has 34 heavy (non-hydrogen) atoms. The molecule has 0 fully saturated rings. The van der Waals surface area contributed by atoms with Crippen molar-refractivity contribution in [1.29, 1.82) is 0 Å². The maximum Gasteiger partial charge on any atom is 0.142 e. The molecule has 7 unspecified atom stereocenters. The number of rotatable bonds is 19. The van der Waals surface area contributed by atoms with E-state index in [2.05, 4.69) is 0 Å². The van der Waals surface area contributed by atoms with Crippen LogP contribution in [0.1, 0.15) is 51.9 Å². The van der Waals surface area contributed by atoms with E-state index in [1.54, 1.807) is 48.6 Å². The highest BCUT2D eigenvalue weighted by Gasteiger charge is 2.21. The summed E-state index contributed by atoms with van der Waals surface area (Å²) in [6.07, 6.45) is 12.1. The monoisotopic (exact) mass is 482 g/mol. The second-order valence-corrected chi connectivity index (χ2v) is 8.53. The molecule has 7 atom stereocenters. The highest BCUT2D eigenvalue weighted by molar-refractivity contribution is 5.65. The topological polar surface area (TPSA) is 159 Å². The Morgan fingerprint density at radius 1 is 0.471 bits per heavy atom. The number of allylic oxidation sites excluding steroid dienone is 9. The first-order chi connectivity index (χ1) is 16.1. The van der Waals surface area contributed by atoms with E-state index in [-0.39, 0.29) is 38.5 Å². The fourth-order valence-electron chi connectivity index (χ4n) is 3.35. The van der Waals surface area contributed by atoms with Crippen LogP contribution in [0.5, 0.6) is 0 Å². The van der Waals surface area contributed by atoms with Crippen LogP contribution >= 0.6 is 0 Å². The first kappa shape index (κ1) is 32.1. The van der Waals surface area contributed by atoms with Gasteiger partial charge in [0.05, 0.1) is 42.7 Å². The molecule has 0 amide bonds. The molecule has 194 valence electrons. The maximum absolute atomic E-state index is 10.1. The Hall–Kier alpha value is -1.91. The third-order valence-electron chi connectivity index (χ3n) is 4.85. The molecular formula is C26H42O8. The summed E-state index contributed by atoms with van der Waals surface area (Å²) in [6, 6.07) is 0. The van der Waals surface area contributed by atoms with E-state index in [9.17, 15) is 40.5 Å². The van der Waals surface area contributed by atoms with E-state index in [1.807, 2.05) is 6.08 Å². The van der Waals surface area contributed by atoms with Crippen molar-refractivity contribution in [3.63, 3.8) is 0 Å². The van der Waals surface area contributed by atoms with Gasteiger partial charge in [-0.25, -0.2) is 0 Å². The molecule has 0 radical (unpaired) electrons. The molecular weight excluding hydrogens is 440 g/mol. The molecule has 0 aromatic carbocycles. The molecule has 0 aliphatic rings. The largest absolute Gasteiger partial charge is 0.393 e. The van der Waals surface area contributed by atoms with Crippen molar-refractivity contribution in [3.8, 4) is 0 Å². The first-order valence-electron chi connectivity index (χ1n) is 11.7.